The molecule has 0 spiro atoms. The molecule has 0 saturated heterocycles. The number of nitrogens with zero attached hydrogens (tertiary/aromatic N) is 2. The highest BCUT2D eigenvalue weighted by atomic mass is 79.9. The van der Waals surface area contributed by atoms with Crippen LogP contribution in [0.5, 0.6) is 5.75 Å². The standard InChI is InChI=1S/C13H9Br2N3OS/c1-19-7-4-10(20-5-7)13-17-11-8(12(16)18-13)2-6(14)3-9(11)15/h2-5H,1H3,(H2,16,17,18). The second-order valence-electron chi connectivity index (χ2n) is 4.07. The normalized spacial score (nSPS) is 10.9. The number of benzene rings is 1. The molecule has 102 valence electrons. The van der Waals surface area contributed by atoms with Crippen molar-refractivity contribution in [1.82, 2.24) is 9.97 Å². The monoisotopic (exact) mass is 413 g/mol. The summed E-state index contributed by atoms with van der Waals surface area (Å²) in [5, 5.41) is 2.73. The number of methoxy groups -OCH3 is 1. The molecular formula is C13H9Br2N3OS. The number of nitrogen functional groups attached to an aromatic ring is 1. The number of rotatable bonds is 2. The Balaban J connectivity index is 2.23. The lowest BCUT2D eigenvalue weighted by molar-refractivity contribution is 0.417. The molecule has 20 heavy (non-hydrogen) atoms. The molecule has 1 aromatic carbocycles. The van der Waals surface area contributed by atoms with Gasteiger partial charge in [-0.2, -0.15) is 0 Å². The third-order valence-electron chi connectivity index (χ3n) is 2.78. The molecule has 7 heteroatoms. The van der Waals surface area contributed by atoms with Gasteiger partial charge in [0.05, 0.1) is 17.5 Å². The minimum absolute atomic E-state index is 0.458. The van der Waals surface area contributed by atoms with Crippen molar-refractivity contribution in [2.24, 2.45) is 0 Å². The predicted molar refractivity (Wildman–Crippen MR) is 89.2 cm³/mol. The Morgan fingerprint density at radius 2 is 2.00 bits per heavy atom. The Bertz CT molecular complexity index is 804. The van der Waals surface area contributed by atoms with Crippen LogP contribution in [0.4, 0.5) is 5.82 Å². The molecule has 0 unspecified atom stereocenters. The van der Waals surface area contributed by atoms with Gasteiger partial charge in [0.15, 0.2) is 5.82 Å². The lowest BCUT2D eigenvalue weighted by Gasteiger charge is -2.06. The van der Waals surface area contributed by atoms with Crippen LogP contribution in [0.2, 0.25) is 0 Å². The van der Waals surface area contributed by atoms with Crippen molar-refractivity contribution < 1.29 is 4.74 Å². The quantitative estimate of drug-likeness (QED) is 0.671. The van der Waals surface area contributed by atoms with E-state index < -0.39 is 0 Å². The number of thiophene rings is 1. The third-order valence-corrected chi connectivity index (χ3v) is 4.75. The molecule has 0 saturated carbocycles. The largest absolute Gasteiger partial charge is 0.496 e. The molecule has 4 nitrogen and oxygen atoms in total. The Hall–Kier alpha value is -1.18. The molecule has 0 radical (unpaired) electrons. The number of anilines is 1. The summed E-state index contributed by atoms with van der Waals surface area (Å²) < 4.78 is 6.99. The number of hydrogen-bond donors (Lipinski definition) is 1. The molecule has 2 aromatic heterocycles. The molecule has 0 amide bonds. The fraction of sp³-hybridized carbons (Fsp3) is 0.0769. The van der Waals surface area contributed by atoms with Crippen molar-refractivity contribution in [3.05, 3.63) is 32.5 Å². The Morgan fingerprint density at radius 1 is 1.20 bits per heavy atom. The minimum atomic E-state index is 0.458. The summed E-state index contributed by atoms with van der Waals surface area (Å²) in [4.78, 5) is 9.89. The van der Waals surface area contributed by atoms with Crippen LogP contribution < -0.4 is 10.5 Å². The van der Waals surface area contributed by atoms with Gasteiger partial charge in [-0.25, -0.2) is 9.97 Å². The molecule has 0 atom stereocenters. The fourth-order valence-electron chi connectivity index (χ4n) is 1.83. The summed E-state index contributed by atoms with van der Waals surface area (Å²) >= 11 is 8.47. The van der Waals surface area contributed by atoms with E-state index >= 15 is 0 Å². The SMILES string of the molecule is COc1csc(-c2nc(N)c3cc(Br)cc(Br)c3n2)c1. The molecule has 2 heterocycles. The topological polar surface area (TPSA) is 61.0 Å². The highest BCUT2D eigenvalue weighted by Gasteiger charge is 2.12. The maximum Gasteiger partial charge on any atom is 0.172 e. The lowest BCUT2D eigenvalue weighted by atomic mass is 10.2. The molecule has 3 aromatic rings. The van der Waals surface area contributed by atoms with Crippen molar-refractivity contribution in [2.75, 3.05) is 12.8 Å². The van der Waals surface area contributed by atoms with E-state index in [9.17, 15) is 0 Å². The zero-order chi connectivity index (χ0) is 14.3. The van der Waals surface area contributed by atoms with E-state index in [1.54, 1.807) is 7.11 Å². The van der Waals surface area contributed by atoms with Gasteiger partial charge in [-0.15, -0.1) is 11.3 Å². The smallest absolute Gasteiger partial charge is 0.172 e. The Kier molecular flexibility index (Phi) is 3.66. The van der Waals surface area contributed by atoms with Gasteiger partial charge in [-0.1, -0.05) is 15.9 Å². The molecular weight excluding hydrogens is 406 g/mol. The van der Waals surface area contributed by atoms with Gasteiger partial charge >= 0.3 is 0 Å². The van der Waals surface area contributed by atoms with Crippen molar-refractivity contribution in [2.45, 2.75) is 0 Å². The van der Waals surface area contributed by atoms with Gasteiger partial charge < -0.3 is 10.5 Å². The highest BCUT2D eigenvalue weighted by Crippen LogP contribution is 2.34. The average molecular weight is 415 g/mol. The Labute approximate surface area is 136 Å². The van der Waals surface area contributed by atoms with E-state index in [1.807, 2.05) is 23.6 Å². The van der Waals surface area contributed by atoms with Crippen LogP contribution in [0.3, 0.4) is 0 Å². The first-order valence-corrected chi connectivity index (χ1v) is 8.10. The Morgan fingerprint density at radius 3 is 2.70 bits per heavy atom. The summed E-state index contributed by atoms with van der Waals surface area (Å²) in [6.07, 6.45) is 0. The van der Waals surface area contributed by atoms with E-state index in [2.05, 4.69) is 41.8 Å². The predicted octanol–water partition coefficient (Wildman–Crippen LogP) is 4.47. The number of ether oxygens (including phenoxy) is 1. The van der Waals surface area contributed by atoms with Gasteiger partial charge in [0.25, 0.3) is 0 Å². The molecule has 0 bridgehead atoms. The summed E-state index contributed by atoms with van der Waals surface area (Å²) in [6.45, 7) is 0. The average Bonchev–Trinajstić information content (AvgIpc) is 2.88. The summed E-state index contributed by atoms with van der Waals surface area (Å²) in [7, 11) is 1.63. The molecule has 0 aliphatic heterocycles. The maximum atomic E-state index is 6.05. The van der Waals surface area contributed by atoms with E-state index in [0.717, 1.165) is 30.5 Å². The van der Waals surface area contributed by atoms with Crippen molar-refractivity contribution in [3.8, 4) is 16.5 Å². The van der Waals surface area contributed by atoms with Crippen LogP contribution in [-0.2, 0) is 0 Å². The second-order valence-corrected chi connectivity index (χ2v) is 6.75. The van der Waals surface area contributed by atoms with Crippen molar-refractivity contribution in [3.63, 3.8) is 0 Å². The van der Waals surface area contributed by atoms with Gasteiger partial charge in [0.2, 0.25) is 0 Å². The molecule has 0 fully saturated rings. The van der Waals surface area contributed by atoms with E-state index in [4.69, 9.17) is 10.5 Å². The maximum absolute atomic E-state index is 6.05. The van der Waals surface area contributed by atoms with Crippen LogP contribution in [0, 0.1) is 0 Å². The summed E-state index contributed by atoms with van der Waals surface area (Å²) in [6, 6.07) is 5.75. The van der Waals surface area contributed by atoms with E-state index in [-0.39, 0.29) is 0 Å². The van der Waals surface area contributed by atoms with Crippen LogP contribution in [0.1, 0.15) is 0 Å². The van der Waals surface area contributed by atoms with Gasteiger partial charge in [-0.3, -0.25) is 0 Å². The minimum Gasteiger partial charge on any atom is -0.496 e. The number of halogens is 2. The van der Waals surface area contributed by atoms with Gasteiger partial charge in [-0.05, 0) is 28.1 Å². The number of aromatic nitrogens is 2. The molecule has 3 rings (SSSR count). The first-order valence-electron chi connectivity index (χ1n) is 5.63. The highest BCUT2D eigenvalue weighted by molar-refractivity contribution is 9.11. The van der Waals surface area contributed by atoms with E-state index in [0.29, 0.717) is 11.6 Å². The summed E-state index contributed by atoms with van der Waals surface area (Å²) in [5.74, 6) is 1.85. The zero-order valence-corrected chi connectivity index (χ0v) is 14.3. The number of fused-ring (bicyclic) bond motifs is 1. The van der Waals surface area contributed by atoms with Gasteiger partial charge in [0.1, 0.15) is 11.6 Å². The first kappa shape index (κ1) is 13.8. The molecule has 0 aliphatic rings. The van der Waals surface area contributed by atoms with E-state index in [1.165, 1.54) is 11.3 Å². The van der Waals surface area contributed by atoms with Crippen LogP contribution in [0.15, 0.2) is 32.5 Å². The first-order chi connectivity index (χ1) is 9.58. The number of nitrogens with two attached hydrogens (primary N) is 1. The van der Waals surface area contributed by atoms with Crippen LogP contribution in [-0.4, -0.2) is 17.1 Å². The van der Waals surface area contributed by atoms with Crippen molar-refractivity contribution in [1.29, 1.82) is 0 Å². The second kappa shape index (κ2) is 5.31. The van der Waals surface area contributed by atoms with Gasteiger partial charge in [0, 0.05) is 25.8 Å². The van der Waals surface area contributed by atoms with Crippen LogP contribution in [0.25, 0.3) is 21.6 Å². The summed E-state index contributed by atoms with van der Waals surface area (Å²) in [5.41, 5.74) is 6.85. The molecule has 0 aliphatic carbocycles. The lowest BCUT2D eigenvalue weighted by Crippen LogP contribution is -1.97. The molecule has 2 N–H and O–H groups in total. The fourth-order valence-corrected chi connectivity index (χ4v) is 3.94. The van der Waals surface area contributed by atoms with Crippen molar-refractivity contribution >= 4 is 59.9 Å². The van der Waals surface area contributed by atoms with Crippen LogP contribution >= 0.6 is 43.2 Å². The third kappa shape index (κ3) is 2.41. The zero-order valence-electron chi connectivity index (χ0n) is 10.4. The number of hydrogen-bond acceptors (Lipinski definition) is 5.